The summed E-state index contributed by atoms with van der Waals surface area (Å²) in [6.07, 6.45) is 3.11. The van der Waals surface area contributed by atoms with E-state index in [9.17, 15) is 14.4 Å². The molecule has 1 saturated heterocycles. The van der Waals surface area contributed by atoms with Crippen LogP contribution in [0.1, 0.15) is 6.42 Å². The van der Waals surface area contributed by atoms with Crippen molar-refractivity contribution in [2.45, 2.75) is 6.42 Å². The van der Waals surface area contributed by atoms with Gasteiger partial charge >= 0.3 is 0 Å². The maximum atomic E-state index is 11.4. The molecule has 1 aliphatic heterocycles. The molecule has 2 unspecified atom stereocenters. The minimum Gasteiger partial charge on any atom is -0.295 e. The van der Waals surface area contributed by atoms with Crippen LogP contribution in [-0.2, 0) is 14.4 Å². The van der Waals surface area contributed by atoms with Crippen molar-refractivity contribution in [2.24, 2.45) is 11.8 Å². The van der Waals surface area contributed by atoms with E-state index in [-0.39, 0.29) is 24.0 Å². The number of allylic oxidation sites excluding steroid dienone is 1. The zero-order chi connectivity index (χ0) is 9.59. The molecule has 2 atom stereocenters. The van der Waals surface area contributed by atoms with Crippen LogP contribution in [0.15, 0.2) is 12.2 Å². The Morgan fingerprint density at radius 1 is 1.31 bits per heavy atom. The zero-order valence-electron chi connectivity index (χ0n) is 7.19. The van der Waals surface area contributed by atoms with Gasteiger partial charge in [-0.15, -0.1) is 0 Å². The second-order valence-electron chi connectivity index (χ2n) is 3.40. The number of rotatable bonds is 0. The van der Waals surface area contributed by atoms with Crippen LogP contribution < -0.4 is 0 Å². The minimum absolute atomic E-state index is 0.0716. The molecule has 4 heteroatoms. The van der Waals surface area contributed by atoms with Gasteiger partial charge in [0.1, 0.15) is 0 Å². The number of amides is 2. The number of fused-ring (bicyclic) bond motifs is 1. The molecule has 0 aromatic rings. The summed E-state index contributed by atoms with van der Waals surface area (Å²) < 4.78 is 0. The van der Waals surface area contributed by atoms with Crippen molar-refractivity contribution in [2.75, 3.05) is 7.05 Å². The predicted molar refractivity (Wildman–Crippen MR) is 43.5 cm³/mol. The molecule has 2 aliphatic rings. The highest BCUT2D eigenvalue weighted by Crippen LogP contribution is 2.31. The smallest absolute Gasteiger partial charge is 0.236 e. The van der Waals surface area contributed by atoms with Gasteiger partial charge in [-0.25, -0.2) is 0 Å². The number of likely N-dealkylation sites (tertiary alicyclic amines) is 1. The van der Waals surface area contributed by atoms with Crippen molar-refractivity contribution in [3.63, 3.8) is 0 Å². The number of hydrogen-bond donors (Lipinski definition) is 0. The SMILES string of the molecule is CN1C(=O)C2C=CC(=O)CC2C1=O. The van der Waals surface area contributed by atoms with Crippen LogP contribution in [-0.4, -0.2) is 29.5 Å². The number of ketones is 1. The first-order valence-corrected chi connectivity index (χ1v) is 4.13. The van der Waals surface area contributed by atoms with Crippen LogP contribution in [0.25, 0.3) is 0 Å². The normalized spacial score (nSPS) is 32.7. The second kappa shape index (κ2) is 2.52. The number of nitrogens with zero attached hydrogens (tertiary/aromatic N) is 1. The van der Waals surface area contributed by atoms with Crippen LogP contribution in [0.4, 0.5) is 0 Å². The Balaban J connectivity index is 2.38. The van der Waals surface area contributed by atoms with E-state index in [0.29, 0.717) is 0 Å². The monoisotopic (exact) mass is 179 g/mol. The van der Waals surface area contributed by atoms with Gasteiger partial charge in [-0.1, -0.05) is 6.08 Å². The largest absolute Gasteiger partial charge is 0.295 e. The van der Waals surface area contributed by atoms with E-state index in [1.807, 2.05) is 0 Å². The average Bonchev–Trinajstić information content (AvgIpc) is 2.32. The number of hydrogen-bond acceptors (Lipinski definition) is 3. The third kappa shape index (κ3) is 1.02. The van der Waals surface area contributed by atoms with E-state index < -0.39 is 11.8 Å². The molecule has 0 saturated carbocycles. The van der Waals surface area contributed by atoms with Gasteiger partial charge in [0.05, 0.1) is 11.8 Å². The van der Waals surface area contributed by atoms with Crippen LogP contribution in [0, 0.1) is 11.8 Å². The number of carbonyl (C=O) groups excluding carboxylic acids is 3. The molecule has 0 bridgehead atoms. The average molecular weight is 179 g/mol. The summed E-state index contributed by atoms with van der Waals surface area (Å²) in [4.78, 5) is 34.9. The van der Waals surface area contributed by atoms with E-state index in [4.69, 9.17) is 0 Å². The second-order valence-corrected chi connectivity index (χ2v) is 3.40. The summed E-state index contributed by atoms with van der Waals surface area (Å²) >= 11 is 0. The molecule has 13 heavy (non-hydrogen) atoms. The Labute approximate surface area is 75.2 Å². The molecule has 1 heterocycles. The molecule has 2 amide bonds. The summed E-state index contributed by atoms with van der Waals surface area (Å²) in [6, 6.07) is 0. The van der Waals surface area contributed by atoms with Crippen molar-refractivity contribution >= 4 is 17.6 Å². The van der Waals surface area contributed by atoms with Crippen molar-refractivity contribution in [3.05, 3.63) is 12.2 Å². The molecule has 2 rings (SSSR count). The lowest BCUT2D eigenvalue weighted by Crippen LogP contribution is -2.26. The lowest BCUT2D eigenvalue weighted by atomic mass is 9.85. The molecule has 0 radical (unpaired) electrons. The highest BCUT2D eigenvalue weighted by molar-refractivity contribution is 6.09. The quantitative estimate of drug-likeness (QED) is 0.482. The van der Waals surface area contributed by atoms with Gasteiger partial charge in [0.2, 0.25) is 11.8 Å². The van der Waals surface area contributed by atoms with Gasteiger partial charge in [0, 0.05) is 13.5 Å². The maximum absolute atomic E-state index is 11.4. The third-order valence-corrected chi connectivity index (χ3v) is 2.61. The van der Waals surface area contributed by atoms with Crippen molar-refractivity contribution in [1.82, 2.24) is 4.90 Å². The third-order valence-electron chi connectivity index (χ3n) is 2.61. The topological polar surface area (TPSA) is 54.5 Å². The van der Waals surface area contributed by atoms with E-state index in [2.05, 4.69) is 0 Å². The molecule has 68 valence electrons. The highest BCUT2D eigenvalue weighted by Gasteiger charge is 2.46. The first-order chi connectivity index (χ1) is 6.11. The lowest BCUT2D eigenvalue weighted by Gasteiger charge is -2.13. The zero-order valence-corrected chi connectivity index (χ0v) is 7.19. The summed E-state index contributed by atoms with van der Waals surface area (Å²) in [5, 5.41) is 0. The molecular weight excluding hydrogens is 170 g/mol. The standard InChI is InChI=1S/C9H9NO3/c1-10-8(12)6-3-2-5(11)4-7(6)9(10)13/h2-3,6-7H,4H2,1H3. The fourth-order valence-electron chi connectivity index (χ4n) is 1.83. The Kier molecular flexibility index (Phi) is 1.58. The Hall–Kier alpha value is -1.45. The molecule has 0 aromatic carbocycles. The fraction of sp³-hybridized carbons (Fsp3) is 0.444. The van der Waals surface area contributed by atoms with Crippen molar-refractivity contribution in [3.8, 4) is 0 Å². The molecule has 1 fully saturated rings. The molecule has 1 aliphatic carbocycles. The summed E-state index contributed by atoms with van der Waals surface area (Å²) in [6.45, 7) is 0. The van der Waals surface area contributed by atoms with Crippen LogP contribution >= 0.6 is 0 Å². The first kappa shape index (κ1) is 8.16. The minimum atomic E-state index is -0.435. The molecule has 4 nitrogen and oxygen atoms in total. The fourth-order valence-corrected chi connectivity index (χ4v) is 1.83. The lowest BCUT2D eigenvalue weighted by molar-refractivity contribution is -0.138. The molecular formula is C9H9NO3. The summed E-state index contributed by atoms with van der Waals surface area (Å²) in [7, 11) is 1.46. The maximum Gasteiger partial charge on any atom is 0.236 e. The number of imide groups is 1. The van der Waals surface area contributed by atoms with Gasteiger partial charge in [0.25, 0.3) is 0 Å². The predicted octanol–water partition coefficient (Wildman–Crippen LogP) is -0.254. The van der Waals surface area contributed by atoms with E-state index in [1.165, 1.54) is 13.1 Å². The van der Waals surface area contributed by atoms with Gasteiger partial charge in [-0.05, 0) is 6.08 Å². The van der Waals surface area contributed by atoms with Crippen LogP contribution in [0.3, 0.4) is 0 Å². The van der Waals surface area contributed by atoms with Gasteiger partial charge in [-0.2, -0.15) is 0 Å². The van der Waals surface area contributed by atoms with E-state index in [1.54, 1.807) is 6.08 Å². The summed E-state index contributed by atoms with van der Waals surface area (Å²) in [5.41, 5.74) is 0. The highest BCUT2D eigenvalue weighted by atomic mass is 16.2. The Morgan fingerprint density at radius 2 is 2.00 bits per heavy atom. The molecule has 0 N–H and O–H groups in total. The number of carbonyl (C=O) groups is 3. The Morgan fingerprint density at radius 3 is 2.69 bits per heavy atom. The van der Waals surface area contributed by atoms with Crippen molar-refractivity contribution in [1.29, 1.82) is 0 Å². The van der Waals surface area contributed by atoms with Gasteiger partial charge < -0.3 is 0 Å². The van der Waals surface area contributed by atoms with Gasteiger partial charge in [0.15, 0.2) is 5.78 Å². The molecule has 0 aromatic heterocycles. The van der Waals surface area contributed by atoms with E-state index >= 15 is 0 Å². The Bertz CT molecular complexity index is 332. The van der Waals surface area contributed by atoms with E-state index in [0.717, 1.165) is 4.90 Å². The van der Waals surface area contributed by atoms with Gasteiger partial charge in [-0.3, -0.25) is 19.3 Å². The van der Waals surface area contributed by atoms with Crippen molar-refractivity contribution < 1.29 is 14.4 Å². The molecule has 0 spiro atoms. The van der Waals surface area contributed by atoms with Crippen LogP contribution in [0.2, 0.25) is 0 Å². The first-order valence-electron chi connectivity index (χ1n) is 4.13. The van der Waals surface area contributed by atoms with Crippen LogP contribution in [0.5, 0.6) is 0 Å². The summed E-state index contributed by atoms with van der Waals surface area (Å²) in [5.74, 6) is -1.32.